The fourth-order valence-corrected chi connectivity index (χ4v) is 3.91. The average molecular weight is 346 g/mol. The minimum Gasteiger partial charge on any atom is -0.341 e. The second-order valence-corrected chi connectivity index (χ2v) is 7.73. The summed E-state index contributed by atoms with van der Waals surface area (Å²) in [5, 5.41) is 0. The number of carbonyl (C=O) groups excluding carboxylic acids is 1. The molecule has 1 fully saturated rings. The highest BCUT2D eigenvalue weighted by Crippen LogP contribution is 2.17. The summed E-state index contributed by atoms with van der Waals surface area (Å²) in [7, 11) is -4.07. The van der Waals surface area contributed by atoms with Gasteiger partial charge in [-0.1, -0.05) is 12.1 Å². The largest absolute Gasteiger partial charge is 0.341 e. The molecule has 1 aliphatic heterocycles. The molecule has 0 bridgehead atoms. The smallest absolute Gasteiger partial charge is 0.244 e. The van der Waals surface area contributed by atoms with Crippen LogP contribution in [0.15, 0.2) is 29.2 Å². The van der Waals surface area contributed by atoms with Gasteiger partial charge < -0.3 is 4.90 Å². The molecule has 5 nitrogen and oxygen atoms in total. The Kier molecular flexibility index (Phi) is 5.82. The van der Waals surface area contributed by atoms with E-state index in [0.29, 0.717) is 25.3 Å². The first kappa shape index (κ1) is 17.2. The Morgan fingerprint density at radius 1 is 1.41 bits per heavy atom. The number of sulfonamides is 1. The van der Waals surface area contributed by atoms with E-state index in [4.69, 9.17) is 0 Å². The first-order valence-electron chi connectivity index (χ1n) is 7.00. The molecule has 1 aromatic carbocycles. The standard InChI is InChI=1S/C14H19FN2O3S2/c1-21-10-7-12(14(18)17-8-4-9-17)16-22(19,20)13-6-3-2-5-11(13)15/h2-3,5-6,12,16H,4,7-10H2,1H3. The molecule has 0 spiro atoms. The molecule has 1 saturated heterocycles. The number of halogens is 1. The SMILES string of the molecule is CSCCC(NS(=O)(=O)c1ccccc1F)C(=O)N1CCC1. The Labute approximate surface area is 134 Å². The fourth-order valence-electron chi connectivity index (χ4n) is 2.14. The van der Waals surface area contributed by atoms with Crippen molar-refractivity contribution in [3.8, 4) is 0 Å². The highest BCUT2D eigenvalue weighted by atomic mass is 32.2. The van der Waals surface area contributed by atoms with Crippen LogP contribution in [-0.2, 0) is 14.8 Å². The van der Waals surface area contributed by atoms with Crippen LogP contribution in [0.25, 0.3) is 0 Å². The van der Waals surface area contributed by atoms with Gasteiger partial charge in [-0.25, -0.2) is 12.8 Å². The fraction of sp³-hybridized carbons (Fsp3) is 0.500. The summed E-state index contributed by atoms with van der Waals surface area (Å²) in [4.78, 5) is 13.5. The molecule has 1 aromatic rings. The Morgan fingerprint density at radius 2 is 2.09 bits per heavy atom. The molecule has 8 heteroatoms. The number of nitrogens with one attached hydrogen (secondary N) is 1. The van der Waals surface area contributed by atoms with Gasteiger partial charge >= 0.3 is 0 Å². The van der Waals surface area contributed by atoms with Crippen molar-refractivity contribution >= 4 is 27.7 Å². The summed E-state index contributed by atoms with van der Waals surface area (Å²) in [6.45, 7) is 1.30. The maximum Gasteiger partial charge on any atom is 0.244 e. The zero-order valence-corrected chi connectivity index (χ0v) is 13.9. The number of thioether (sulfide) groups is 1. The first-order chi connectivity index (χ1) is 10.5. The Hall–Kier alpha value is -1.12. The van der Waals surface area contributed by atoms with Crippen LogP contribution in [0.4, 0.5) is 4.39 Å². The van der Waals surface area contributed by atoms with Gasteiger partial charge in [-0.2, -0.15) is 16.5 Å². The topological polar surface area (TPSA) is 66.5 Å². The minimum atomic E-state index is -4.07. The number of hydrogen-bond donors (Lipinski definition) is 1. The summed E-state index contributed by atoms with van der Waals surface area (Å²) in [6, 6.07) is 4.30. The molecule has 1 unspecified atom stereocenters. The lowest BCUT2D eigenvalue weighted by atomic mass is 10.1. The van der Waals surface area contributed by atoms with Crippen LogP contribution in [0.5, 0.6) is 0 Å². The van der Waals surface area contributed by atoms with Crippen molar-refractivity contribution in [1.29, 1.82) is 0 Å². The number of hydrogen-bond acceptors (Lipinski definition) is 4. The van der Waals surface area contributed by atoms with Crippen molar-refractivity contribution < 1.29 is 17.6 Å². The normalized spacial score (nSPS) is 16.2. The van der Waals surface area contributed by atoms with Crippen LogP contribution in [0.3, 0.4) is 0 Å². The average Bonchev–Trinajstić information content (AvgIpc) is 2.41. The zero-order valence-electron chi connectivity index (χ0n) is 12.3. The molecule has 1 aliphatic rings. The minimum absolute atomic E-state index is 0.236. The van der Waals surface area contributed by atoms with Crippen molar-refractivity contribution in [2.24, 2.45) is 0 Å². The van der Waals surface area contributed by atoms with Crippen molar-refractivity contribution in [2.45, 2.75) is 23.8 Å². The first-order valence-corrected chi connectivity index (χ1v) is 9.88. The summed E-state index contributed by atoms with van der Waals surface area (Å²) in [5.74, 6) is -0.417. The molecule has 1 amide bonds. The van der Waals surface area contributed by atoms with Crippen molar-refractivity contribution in [3.63, 3.8) is 0 Å². The Bertz CT molecular complexity index is 633. The van der Waals surface area contributed by atoms with Gasteiger partial charge in [-0.15, -0.1) is 0 Å². The molecule has 0 saturated carbocycles. The second-order valence-electron chi connectivity index (χ2n) is 5.06. The molecule has 1 heterocycles. The predicted octanol–water partition coefficient (Wildman–Crippen LogP) is 1.46. The monoisotopic (exact) mass is 346 g/mol. The van der Waals surface area contributed by atoms with Gasteiger partial charge in [0.05, 0.1) is 0 Å². The number of amides is 1. The quantitative estimate of drug-likeness (QED) is 0.812. The lowest BCUT2D eigenvalue weighted by Crippen LogP contribution is -2.53. The number of likely N-dealkylation sites (tertiary alicyclic amines) is 1. The molecule has 122 valence electrons. The van der Waals surface area contributed by atoms with Gasteiger partial charge in [0.2, 0.25) is 15.9 Å². The molecule has 0 radical (unpaired) electrons. The van der Waals surface area contributed by atoms with E-state index >= 15 is 0 Å². The molecule has 22 heavy (non-hydrogen) atoms. The van der Waals surface area contributed by atoms with E-state index in [1.54, 1.807) is 4.90 Å². The van der Waals surface area contributed by atoms with Gasteiger partial charge in [-0.05, 0) is 37.0 Å². The predicted molar refractivity (Wildman–Crippen MR) is 84.7 cm³/mol. The zero-order chi connectivity index (χ0) is 16.2. The van der Waals surface area contributed by atoms with Crippen LogP contribution in [-0.4, -0.2) is 50.4 Å². The van der Waals surface area contributed by atoms with E-state index in [-0.39, 0.29) is 5.91 Å². The number of rotatable bonds is 7. The van der Waals surface area contributed by atoms with E-state index in [0.717, 1.165) is 12.5 Å². The third-order valence-corrected chi connectivity index (χ3v) is 5.65. The summed E-state index contributed by atoms with van der Waals surface area (Å²) < 4.78 is 40.7. The van der Waals surface area contributed by atoms with Crippen LogP contribution in [0, 0.1) is 5.82 Å². The van der Waals surface area contributed by atoms with Gasteiger partial charge in [0.1, 0.15) is 16.8 Å². The van der Waals surface area contributed by atoms with Crippen LogP contribution in [0.1, 0.15) is 12.8 Å². The lowest BCUT2D eigenvalue weighted by molar-refractivity contribution is -0.136. The highest BCUT2D eigenvalue weighted by molar-refractivity contribution is 7.98. The van der Waals surface area contributed by atoms with E-state index in [1.165, 1.54) is 30.0 Å². The third kappa shape index (κ3) is 3.99. The molecule has 1 atom stereocenters. The third-order valence-electron chi connectivity index (χ3n) is 3.50. The Morgan fingerprint density at radius 3 is 2.64 bits per heavy atom. The van der Waals surface area contributed by atoms with Crippen molar-refractivity contribution in [1.82, 2.24) is 9.62 Å². The molecule has 0 aromatic heterocycles. The Balaban J connectivity index is 2.18. The van der Waals surface area contributed by atoms with Gasteiger partial charge in [0.15, 0.2) is 0 Å². The molecular formula is C14H19FN2O3S2. The highest BCUT2D eigenvalue weighted by Gasteiger charge is 2.32. The van der Waals surface area contributed by atoms with Gasteiger partial charge in [0.25, 0.3) is 0 Å². The van der Waals surface area contributed by atoms with Crippen molar-refractivity contribution in [2.75, 3.05) is 25.1 Å². The molecule has 1 N–H and O–H groups in total. The van der Waals surface area contributed by atoms with E-state index < -0.39 is 26.8 Å². The second kappa shape index (κ2) is 7.43. The maximum atomic E-state index is 13.7. The van der Waals surface area contributed by atoms with Gasteiger partial charge in [-0.3, -0.25) is 4.79 Å². The van der Waals surface area contributed by atoms with E-state index in [9.17, 15) is 17.6 Å². The van der Waals surface area contributed by atoms with Gasteiger partial charge in [0, 0.05) is 13.1 Å². The summed E-state index contributed by atoms with van der Waals surface area (Å²) in [6.07, 6.45) is 3.20. The number of nitrogens with zero attached hydrogens (tertiary/aromatic N) is 1. The number of carbonyl (C=O) groups is 1. The van der Waals surface area contributed by atoms with Crippen LogP contribution >= 0.6 is 11.8 Å². The molecule has 0 aliphatic carbocycles. The van der Waals surface area contributed by atoms with E-state index in [1.807, 2.05) is 6.26 Å². The summed E-state index contributed by atoms with van der Waals surface area (Å²) in [5.41, 5.74) is 0. The lowest BCUT2D eigenvalue weighted by Gasteiger charge is -2.34. The van der Waals surface area contributed by atoms with Crippen molar-refractivity contribution in [3.05, 3.63) is 30.1 Å². The summed E-state index contributed by atoms with van der Waals surface area (Å²) >= 11 is 1.53. The maximum absolute atomic E-state index is 13.7. The molecule has 2 rings (SSSR count). The van der Waals surface area contributed by atoms with E-state index in [2.05, 4.69) is 4.72 Å². The number of benzene rings is 1. The van der Waals surface area contributed by atoms with Crippen LogP contribution < -0.4 is 4.72 Å². The molecular weight excluding hydrogens is 327 g/mol. The van der Waals surface area contributed by atoms with Crippen LogP contribution in [0.2, 0.25) is 0 Å².